The number of rotatable bonds is 3. The molecule has 7 heteroatoms. The van der Waals surface area contributed by atoms with Crippen LogP contribution in [0.4, 0.5) is 11.6 Å². The van der Waals surface area contributed by atoms with Gasteiger partial charge >= 0.3 is 0 Å². The Balaban J connectivity index is 2.29. The summed E-state index contributed by atoms with van der Waals surface area (Å²) in [6.45, 7) is 3.78. The van der Waals surface area contributed by atoms with Crippen molar-refractivity contribution >= 4 is 11.6 Å². The van der Waals surface area contributed by atoms with Gasteiger partial charge in [-0.3, -0.25) is 0 Å². The van der Waals surface area contributed by atoms with E-state index < -0.39 is 0 Å². The predicted octanol–water partition coefficient (Wildman–Crippen LogP) is -0.340. The molecule has 1 aromatic rings. The van der Waals surface area contributed by atoms with Crippen molar-refractivity contribution in [3.63, 3.8) is 0 Å². The molecule has 94 valence electrons. The van der Waals surface area contributed by atoms with Gasteiger partial charge in [0, 0.05) is 26.2 Å². The van der Waals surface area contributed by atoms with Gasteiger partial charge in [0.25, 0.3) is 0 Å². The molecule has 18 heavy (non-hydrogen) atoms. The maximum Gasteiger partial charge on any atom is 0.171 e. The van der Waals surface area contributed by atoms with Crippen molar-refractivity contribution in [2.75, 3.05) is 36.8 Å². The second kappa shape index (κ2) is 5.39. The van der Waals surface area contributed by atoms with Crippen LogP contribution in [-0.4, -0.2) is 36.0 Å². The molecule has 1 aromatic heterocycles. The molecule has 0 saturated carbocycles. The highest BCUT2D eigenvalue weighted by molar-refractivity contribution is 5.65. The second-order valence-electron chi connectivity index (χ2n) is 4.06. The topological polar surface area (TPSA) is 107 Å². The van der Waals surface area contributed by atoms with Crippen molar-refractivity contribution in [1.29, 1.82) is 10.5 Å². The minimum atomic E-state index is 0.331. The first-order valence-electron chi connectivity index (χ1n) is 5.87. The fourth-order valence-electron chi connectivity index (χ4n) is 1.99. The summed E-state index contributed by atoms with van der Waals surface area (Å²) in [4.78, 5) is 2.05. The lowest BCUT2D eigenvalue weighted by atomic mass is 10.2. The number of hydrogen-bond acceptors (Lipinski definition) is 6. The third-order valence-corrected chi connectivity index (χ3v) is 2.94. The van der Waals surface area contributed by atoms with Crippen LogP contribution < -0.4 is 16.0 Å². The number of nitrogen functional groups attached to an aromatic ring is 1. The Labute approximate surface area is 105 Å². The van der Waals surface area contributed by atoms with Crippen molar-refractivity contribution in [2.24, 2.45) is 0 Å². The lowest BCUT2D eigenvalue weighted by Gasteiger charge is -2.27. The number of nitriles is 2. The average Bonchev–Trinajstić information content (AvgIpc) is 2.74. The summed E-state index contributed by atoms with van der Waals surface area (Å²) in [5.41, 5.74) is 6.30. The lowest BCUT2D eigenvalue weighted by molar-refractivity contribution is 0.573. The summed E-state index contributed by atoms with van der Waals surface area (Å²) in [5.74, 6) is 0.982. The number of nitrogens with one attached hydrogen (secondary N) is 1. The Hall–Kier alpha value is -2.25. The monoisotopic (exact) mass is 245 g/mol. The number of hydrogen-bond donors (Lipinski definition) is 2. The molecule has 2 heterocycles. The highest BCUT2D eigenvalue weighted by atomic mass is 15.4. The molecule has 0 bridgehead atoms. The molecule has 1 saturated heterocycles. The number of piperazine rings is 1. The Kier molecular flexibility index (Phi) is 3.66. The van der Waals surface area contributed by atoms with Crippen molar-refractivity contribution < 1.29 is 0 Å². The maximum atomic E-state index is 9.18. The van der Waals surface area contributed by atoms with Gasteiger partial charge in [-0.05, 0) is 0 Å². The molecule has 0 unspecified atom stereocenters. The fourth-order valence-corrected chi connectivity index (χ4v) is 1.99. The quantitative estimate of drug-likeness (QED) is 0.754. The van der Waals surface area contributed by atoms with Crippen molar-refractivity contribution in [2.45, 2.75) is 13.0 Å². The predicted molar refractivity (Wildman–Crippen MR) is 66.7 cm³/mol. The normalized spacial score (nSPS) is 15.1. The maximum absolute atomic E-state index is 9.18. The standard InChI is InChI=1S/C11H15N7/c12-2-1-5-18-10(14)9(8-13)11(16-18)17-6-3-15-4-7-17/h15H,1,3-7,14H2. The number of aromatic nitrogens is 2. The molecular formula is C11H15N7. The van der Waals surface area contributed by atoms with E-state index in [1.54, 1.807) is 4.68 Å². The van der Waals surface area contributed by atoms with E-state index in [9.17, 15) is 5.26 Å². The molecule has 0 aromatic carbocycles. The van der Waals surface area contributed by atoms with Crippen LogP contribution in [0, 0.1) is 22.7 Å². The molecule has 0 spiro atoms. The van der Waals surface area contributed by atoms with Gasteiger partial charge in [-0.2, -0.15) is 15.6 Å². The Morgan fingerprint density at radius 1 is 1.33 bits per heavy atom. The summed E-state index contributed by atoms with van der Waals surface area (Å²) in [5, 5.41) is 25.4. The lowest BCUT2D eigenvalue weighted by Crippen LogP contribution is -2.44. The smallest absolute Gasteiger partial charge is 0.171 e. The van der Waals surface area contributed by atoms with Crippen LogP contribution in [0.15, 0.2) is 0 Å². The Morgan fingerprint density at radius 2 is 2.06 bits per heavy atom. The van der Waals surface area contributed by atoms with Gasteiger partial charge < -0.3 is 16.0 Å². The molecule has 1 aliphatic rings. The van der Waals surface area contributed by atoms with Gasteiger partial charge in [0.15, 0.2) is 5.82 Å². The SMILES string of the molecule is N#CCCn1nc(N2CCNCC2)c(C#N)c1N. The van der Waals surface area contributed by atoms with E-state index in [4.69, 9.17) is 11.0 Å². The van der Waals surface area contributed by atoms with Crippen LogP contribution in [0.3, 0.4) is 0 Å². The van der Waals surface area contributed by atoms with Crippen LogP contribution in [-0.2, 0) is 6.54 Å². The van der Waals surface area contributed by atoms with E-state index in [1.165, 1.54) is 0 Å². The largest absolute Gasteiger partial charge is 0.383 e. The molecule has 7 nitrogen and oxygen atoms in total. The van der Waals surface area contributed by atoms with Crippen LogP contribution in [0.2, 0.25) is 0 Å². The second-order valence-corrected chi connectivity index (χ2v) is 4.06. The minimum Gasteiger partial charge on any atom is -0.383 e. The number of aryl methyl sites for hydroxylation is 1. The van der Waals surface area contributed by atoms with Crippen LogP contribution in [0.5, 0.6) is 0 Å². The first-order chi connectivity index (χ1) is 8.77. The Bertz CT molecular complexity index is 499. The summed E-state index contributed by atoms with van der Waals surface area (Å²) in [7, 11) is 0. The fraction of sp³-hybridized carbons (Fsp3) is 0.545. The number of nitrogens with two attached hydrogens (primary N) is 1. The van der Waals surface area contributed by atoms with Crippen molar-refractivity contribution in [3.05, 3.63) is 5.56 Å². The molecule has 3 N–H and O–H groups in total. The highest BCUT2D eigenvalue weighted by Gasteiger charge is 2.21. The zero-order valence-electron chi connectivity index (χ0n) is 10.1. The number of anilines is 2. The van der Waals surface area contributed by atoms with Gasteiger partial charge in [-0.25, -0.2) is 4.68 Å². The summed E-state index contributed by atoms with van der Waals surface area (Å²) in [6.07, 6.45) is 0.331. The van der Waals surface area contributed by atoms with E-state index in [-0.39, 0.29) is 0 Å². The first kappa shape index (κ1) is 12.2. The molecular weight excluding hydrogens is 230 g/mol. The highest BCUT2D eigenvalue weighted by Crippen LogP contribution is 2.24. The minimum absolute atomic E-state index is 0.331. The Morgan fingerprint density at radius 3 is 2.67 bits per heavy atom. The van der Waals surface area contributed by atoms with Gasteiger partial charge in [0.2, 0.25) is 0 Å². The van der Waals surface area contributed by atoms with E-state index >= 15 is 0 Å². The molecule has 2 rings (SSSR count). The van der Waals surface area contributed by atoms with Gasteiger partial charge in [0.05, 0.1) is 19.0 Å². The number of nitrogens with zero attached hydrogens (tertiary/aromatic N) is 5. The zero-order chi connectivity index (χ0) is 13.0. The van der Waals surface area contributed by atoms with Gasteiger partial charge in [0.1, 0.15) is 17.5 Å². The van der Waals surface area contributed by atoms with Crippen LogP contribution in [0.1, 0.15) is 12.0 Å². The summed E-state index contributed by atoms with van der Waals surface area (Å²) in [6, 6.07) is 4.15. The van der Waals surface area contributed by atoms with Gasteiger partial charge in [-0.1, -0.05) is 0 Å². The summed E-state index contributed by atoms with van der Waals surface area (Å²) >= 11 is 0. The molecule has 0 amide bonds. The third-order valence-electron chi connectivity index (χ3n) is 2.94. The van der Waals surface area contributed by atoms with E-state index in [1.807, 2.05) is 11.0 Å². The molecule has 1 aliphatic heterocycles. The van der Waals surface area contributed by atoms with E-state index in [0.717, 1.165) is 26.2 Å². The van der Waals surface area contributed by atoms with E-state index in [0.29, 0.717) is 30.2 Å². The van der Waals surface area contributed by atoms with Crippen LogP contribution in [0.25, 0.3) is 0 Å². The van der Waals surface area contributed by atoms with E-state index in [2.05, 4.69) is 16.5 Å². The summed E-state index contributed by atoms with van der Waals surface area (Å²) < 4.78 is 1.54. The van der Waals surface area contributed by atoms with Crippen molar-refractivity contribution in [1.82, 2.24) is 15.1 Å². The average molecular weight is 245 g/mol. The first-order valence-corrected chi connectivity index (χ1v) is 5.87. The molecule has 1 fully saturated rings. The van der Waals surface area contributed by atoms with Gasteiger partial charge in [-0.15, -0.1) is 0 Å². The molecule has 0 radical (unpaired) electrons. The van der Waals surface area contributed by atoms with Crippen LogP contribution >= 0.6 is 0 Å². The molecule has 0 atom stereocenters. The van der Waals surface area contributed by atoms with Crippen molar-refractivity contribution in [3.8, 4) is 12.1 Å². The molecule has 0 aliphatic carbocycles. The third kappa shape index (κ3) is 2.22. The zero-order valence-corrected chi connectivity index (χ0v) is 10.1.